The number of halogens is 2. The molecule has 1 atom stereocenters. The number of hydrazine groups is 1. The van der Waals surface area contributed by atoms with E-state index in [-0.39, 0.29) is 5.56 Å². The fourth-order valence-corrected chi connectivity index (χ4v) is 2.85. The summed E-state index contributed by atoms with van der Waals surface area (Å²) < 4.78 is 10.7. The zero-order chi connectivity index (χ0) is 18.0. The molecule has 0 spiro atoms. The van der Waals surface area contributed by atoms with Gasteiger partial charge in [0.25, 0.3) is 11.8 Å². The van der Waals surface area contributed by atoms with E-state index in [0.29, 0.717) is 28.0 Å². The Morgan fingerprint density at radius 3 is 2.60 bits per heavy atom. The molecule has 6 nitrogen and oxygen atoms in total. The molecule has 2 amide bonds. The van der Waals surface area contributed by atoms with Gasteiger partial charge < -0.3 is 9.47 Å². The summed E-state index contributed by atoms with van der Waals surface area (Å²) in [5, 5.41) is 0.952. The van der Waals surface area contributed by atoms with Crippen LogP contribution in [0, 0.1) is 0 Å². The van der Waals surface area contributed by atoms with E-state index in [4.69, 9.17) is 32.7 Å². The lowest BCUT2D eigenvalue weighted by Crippen LogP contribution is -2.47. The highest BCUT2D eigenvalue weighted by atomic mass is 35.5. The van der Waals surface area contributed by atoms with Crippen molar-refractivity contribution in [3.63, 3.8) is 0 Å². The highest BCUT2D eigenvalue weighted by molar-refractivity contribution is 6.31. The van der Waals surface area contributed by atoms with Crippen LogP contribution in [-0.2, 0) is 11.2 Å². The molecule has 0 aliphatic carbocycles. The number of ether oxygens (including phenoxy) is 2. The molecule has 0 unspecified atom stereocenters. The van der Waals surface area contributed by atoms with Crippen molar-refractivity contribution in [3.8, 4) is 11.5 Å². The van der Waals surface area contributed by atoms with E-state index in [1.807, 2.05) is 0 Å². The number of methoxy groups -OCH3 is 1. The first-order valence-electron chi connectivity index (χ1n) is 7.36. The summed E-state index contributed by atoms with van der Waals surface area (Å²) in [5.41, 5.74) is 5.73. The fraction of sp³-hybridized carbons (Fsp3) is 0.176. The molecule has 130 valence electrons. The second-order valence-corrected chi connectivity index (χ2v) is 6.22. The maximum atomic E-state index is 12.2. The summed E-state index contributed by atoms with van der Waals surface area (Å²) in [6.07, 6.45) is -0.368. The van der Waals surface area contributed by atoms with E-state index in [1.54, 1.807) is 30.3 Å². The Balaban J connectivity index is 1.62. The number of amides is 2. The molecule has 1 aliphatic rings. The predicted molar refractivity (Wildman–Crippen MR) is 93.2 cm³/mol. The molecule has 3 rings (SSSR count). The maximum Gasteiger partial charge on any atom is 0.279 e. The van der Waals surface area contributed by atoms with Crippen molar-refractivity contribution in [1.29, 1.82) is 0 Å². The van der Waals surface area contributed by atoms with Crippen LogP contribution < -0.4 is 20.3 Å². The number of rotatable bonds is 3. The van der Waals surface area contributed by atoms with Gasteiger partial charge in [-0.05, 0) is 42.0 Å². The summed E-state index contributed by atoms with van der Waals surface area (Å²) in [5.74, 6) is -0.0735. The average molecular weight is 381 g/mol. The van der Waals surface area contributed by atoms with Crippen molar-refractivity contribution in [1.82, 2.24) is 10.9 Å². The molecule has 2 aromatic carbocycles. The lowest BCUT2D eigenvalue weighted by Gasteiger charge is -2.13. The fourth-order valence-electron chi connectivity index (χ4n) is 2.49. The lowest BCUT2D eigenvalue weighted by molar-refractivity contribution is -0.128. The minimum Gasteiger partial charge on any atom is -0.496 e. The number of hydrogen-bond donors (Lipinski definition) is 2. The number of benzene rings is 2. The van der Waals surface area contributed by atoms with Gasteiger partial charge in [-0.2, -0.15) is 0 Å². The van der Waals surface area contributed by atoms with E-state index in [0.717, 1.165) is 5.56 Å². The molecule has 2 aromatic rings. The first-order valence-corrected chi connectivity index (χ1v) is 8.12. The predicted octanol–water partition coefficient (Wildman–Crippen LogP) is 2.77. The molecule has 1 aliphatic heterocycles. The number of nitrogens with one attached hydrogen (secondary N) is 2. The lowest BCUT2D eigenvalue weighted by atomic mass is 10.1. The normalized spacial score (nSPS) is 15.1. The third kappa shape index (κ3) is 3.81. The standard InChI is InChI=1S/C17H14Cl2N2O4/c1-24-14-5-3-11(19)8-12(14)16(22)20-21-17(23)15-7-9-6-10(18)2-4-13(9)25-15/h2-6,8,15H,7H2,1H3,(H,20,22)(H,21,23)/t15-/m1/s1. The Morgan fingerprint density at radius 2 is 1.84 bits per heavy atom. The van der Waals surface area contributed by atoms with Crippen molar-refractivity contribution >= 4 is 35.0 Å². The van der Waals surface area contributed by atoms with Crippen molar-refractivity contribution in [2.45, 2.75) is 12.5 Å². The molecule has 2 N–H and O–H groups in total. The van der Waals surface area contributed by atoms with Gasteiger partial charge in [0.2, 0.25) is 0 Å². The Kier molecular flexibility index (Phi) is 5.01. The SMILES string of the molecule is COc1ccc(Cl)cc1C(=O)NNC(=O)[C@H]1Cc2cc(Cl)ccc2O1. The first kappa shape index (κ1) is 17.4. The van der Waals surface area contributed by atoms with Gasteiger partial charge in [0.15, 0.2) is 6.10 Å². The van der Waals surface area contributed by atoms with Crippen LogP contribution in [0.1, 0.15) is 15.9 Å². The molecule has 0 fully saturated rings. The molecule has 0 saturated carbocycles. The van der Waals surface area contributed by atoms with Crippen LogP contribution in [0.15, 0.2) is 36.4 Å². The summed E-state index contributed by atoms with van der Waals surface area (Å²) in [7, 11) is 1.44. The maximum absolute atomic E-state index is 12.2. The second kappa shape index (κ2) is 7.21. The summed E-state index contributed by atoms with van der Waals surface area (Å²) in [6.45, 7) is 0. The smallest absolute Gasteiger partial charge is 0.279 e. The molecule has 8 heteroatoms. The van der Waals surface area contributed by atoms with E-state index in [2.05, 4.69) is 10.9 Å². The van der Waals surface area contributed by atoms with Crippen LogP contribution in [-0.4, -0.2) is 25.0 Å². The minimum atomic E-state index is -0.741. The molecule has 25 heavy (non-hydrogen) atoms. The summed E-state index contributed by atoms with van der Waals surface area (Å²) in [4.78, 5) is 24.5. The molecular formula is C17H14Cl2N2O4. The highest BCUT2D eigenvalue weighted by Gasteiger charge is 2.29. The number of carbonyl (C=O) groups excluding carboxylic acids is 2. The third-order valence-corrected chi connectivity index (χ3v) is 4.17. The molecule has 0 radical (unpaired) electrons. The van der Waals surface area contributed by atoms with Gasteiger partial charge in [-0.1, -0.05) is 23.2 Å². The van der Waals surface area contributed by atoms with Crippen LogP contribution in [0.25, 0.3) is 0 Å². The van der Waals surface area contributed by atoms with Crippen molar-refractivity contribution in [2.75, 3.05) is 7.11 Å². The minimum absolute atomic E-state index is 0.206. The van der Waals surface area contributed by atoms with Gasteiger partial charge in [0.1, 0.15) is 11.5 Å². The second-order valence-electron chi connectivity index (χ2n) is 5.35. The molecule has 0 saturated heterocycles. The monoisotopic (exact) mass is 380 g/mol. The van der Waals surface area contributed by atoms with Gasteiger partial charge in [0.05, 0.1) is 12.7 Å². The summed E-state index contributed by atoms with van der Waals surface area (Å²) >= 11 is 11.8. The largest absolute Gasteiger partial charge is 0.496 e. The van der Waals surface area contributed by atoms with Crippen molar-refractivity contribution in [2.24, 2.45) is 0 Å². The Hall–Kier alpha value is -2.44. The van der Waals surface area contributed by atoms with Crippen LogP contribution >= 0.6 is 23.2 Å². The molecular weight excluding hydrogens is 367 g/mol. The summed E-state index contributed by atoms with van der Waals surface area (Å²) in [6, 6.07) is 9.77. The van der Waals surface area contributed by atoms with Gasteiger partial charge in [-0.25, -0.2) is 0 Å². The molecule has 1 heterocycles. The Morgan fingerprint density at radius 1 is 1.12 bits per heavy atom. The third-order valence-electron chi connectivity index (χ3n) is 3.69. The van der Waals surface area contributed by atoms with E-state index >= 15 is 0 Å². The number of hydrogen-bond acceptors (Lipinski definition) is 4. The van der Waals surface area contributed by atoms with Crippen LogP contribution in [0.4, 0.5) is 0 Å². The topological polar surface area (TPSA) is 76.7 Å². The van der Waals surface area contributed by atoms with E-state index in [9.17, 15) is 9.59 Å². The van der Waals surface area contributed by atoms with E-state index < -0.39 is 17.9 Å². The van der Waals surface area contributed by atoms with Crippen molar-refractivity contribution < 1.29 is 19.1 Å². The number of carbonyl (C=O) groups is 2. The average Bonchev–Trinajstić information content (AvgIpc) is 3.02. The van der Waals surface area contributed by atoms with Gasteiger partial charge in [-0.15, -0.1) is 0 Å². The van der Waals surface area contributed by atoms with Gasteiger partial charge in [0, 0.05) is 16.5 Å². The van der Waals surface area contributed by atoms with Gasteiger partial charge >= 0.3 is 0 Å². The Bertz CT molecular complexity index is 841. The zero-order valence-corrected chi connectivity index (χ0v) is 14.6. The highest BCUT2D eigenvalue weighted by Crippen LogP contribution is 2.31. The first-order chi connectivity index (χ1) is 12.0. The quantitative estimate of drug-likeness (QED) is 0.802. The zero-order valence-electron chi connectivity index (χ0n) is 13.1. The molecule has 0 bridgehead atoms. The molecule has 0 aromatic heterocycles. The van der Waals surface area contributed by atoms with Crippen LogP contribution in [0.2, 0.25) is 10.0 Å². The number of fused-ring (bicyclic) bond motifs is 1. The van der Waals surface area contributed by atoms with Crippen LogP contribution in [0.3, 0.4) is 0 Å². The van der Waals surface area contributed by atoms with E-state index in [1.165, 1.54) is 13.2 Å². The van der Waals surface area contributed by atoms with Gasteiger partial charge in [-0.3, -0.25) is 20.4 Å². The van der Waals surface area contributed by atoms with Crippen LogP contribution in [0.5, 0.6) is 11.5 Å². The van der Waals surface area contributed by atoms with Crippen molar-refractivity contribution in [3.05, 3.63) is 57.6 Å². The Labute approximate surface area is 154 Å².